The average Bonchev–Trinajstić information content (AvgIpc) is 2.34. The molecule has 2 aromatic rings. The monoisotopic (exact) mass is 232 g/mol. The van der Waals surface area contributed by atoms with E-state index < -0.39 is 13.5 Å². The summed E-state index contributed by atoms with van der Waals surface area (Å²) in [4.78, 5) is 0. The minimum absolute atomic E-state index is 0.00656. The van der Waals surface area contributed by atoms with Gasteiger partial charge in [0, 0.05) is 6.07 Å². The van der Waals surface area contributed by atoms with Gasteiger partial charge in [0.15, 0.2) is 5.82 Å². The van der Waals surface area contributed by atoms with Gasteiger partial charge < -0.3 is 14.4 Å². The minimum atomic E-state index is -0.576. The Labute approximate surface area is 98.7 Å². The number of rotatable bonds is 4. The van der Waals surface area contributed by atoms with Gasteiger partial charge in [-0.25, -0.2) is 4.39 Å². The molecule has 0 saturated heterocycles. The van der Waals surface area contributed by atoms with E-state index in [2.05, 4.69) is 4.65 Å². The van der Waals surface area contributed by atoms with Crippen molar-refractivity contribution < 1.29 is 18.8 Å². The summed E-state index contributed by atoms with van der Waals surface area (Å²) in [6, 6.07) is 13.3. The molecule has 0 radical (unpaired) electrons. The first-order valence-corrected chi connectivity index (χ1v) is 5.05. The predicted molar refractivity (Wildman–Crippen MR) is 62.9 cm³/mol. The van der Waals surface area contributed by atoms with E-state index in [1.54, 1.807) is 18.2 Å². The summed E-state index contributed by atoms with van der Waals surface area (Å²) in [7, 11) is -0.560. The van der Waals surface area contributed by atoms with Gasteiger partial charge in [0.2, 0.25) is 0 Å². The summed E-state index contributed by atoms with van der Waals surface area (Å²) >= 11 is 0. The smallest absolute Gasteiger partial charge is 0.504 e. The Kier molecular flexibility index (Phi) is 3.62. The standard InChI is InChI=1S/C12H10BFO3/c14-11-8-10(6-7-12(11)17-13-15)16-9-4-2-1-3-5-9/h1-8,13,15H. The second-order valence-corrected chi connectivity index (χ2v) is 3.28. The summed E-state index contributed by atoms with van der Waals surface area (Å²) in [6.07, 6.45) is 0. The van der Waals surface area contributed by atoms with Gasteiger partial charge in [-0.15, -0.1) is 0 Å². The van der Waals surface area contributed by atoms with Crippen molar-refractivity contribution in [2.24, 2.45) is 0 Å². The normalized spacial score (nSPS) is 9.76. The molecule has 0 amide bonds. The first kappa shape index (κ1) is 11.5. The number of para-hydroxylation sites is 1. The molecule has 0 fully saturated rings. The zero-order valence-electron chi connectivity index (χ0n) is 8.97. The topological polar surface area (TPSA) is 38.7 Å². The van der Waals surface area contributed by atoms with E-state index in [0.29, 0.717) is 11.5 Å². The van der Waals surface area contributed by atoms with Crippen LogP contribution in [0.4, 0.5) is 4.39 Å². The summed E-state index contributed by atoms with van der Waals surface area (Å²) in [6.45, 7) is 0. The Hall–Kier alpha value is -2.01. The molecular formula is C12H10BFO3. The molecule has 0 aliphatic carbocycles. The van der Waals surface area contributed by atoms with E-state index in [1.165, 1.54) is 12.1 Å². The number of hydrogen-bond donors (Lipinski definition) is 1. The zero-order valence-corrected chi connectivity index (χ0v) is 8.97. The lowest BCUT2D eigenvalue weighted by atomic mass is 10.3. The van der Waals surface area contributed by atoms with Crippen molar-refractivity contribution in [3.8, 4) is 17.2 Å². The maximum atomic E-state index is 13.4. The highest BCUT2D eigenvalue weighted by Gasteiger charge is 2.05. The minimum Gasteiger partial charge on any atom is -0.537 e. The predicted octanol–water partition coefficient (Wildman–Crippen LogP) is 2.26. The Morgan fingerprint density at radius 2 is 1.76 bits per heavy atom. The molecule has 0 aliphatic heterocycles. The Bertz CT molecular complexity index is 490. The lowest BCUT2D eigenvalue weighted by Gasteiger charge is -2.08. The van der Waals surface area contributed by atoms with Gasteiger partial charge >= 0.3 is 7.69 Å². The first-order valence-electron chi connectivity index (χ1n) is 5.05. The van der Waals surface area contributed by atoms with Crippen LogP contribution in [0, 0.1) is 5.82 Å². The van der Waals surface area contributed by atoms with Crippen molar-refractivity contribution in [1.29, 1.82) is 0 Å². The quantitative estimate of drug-likeness (QED) is 0.821. The number of ether oxygens (including phenoxy) is 1. The van der Waals surface area contributed by atoms with Crippen LogP contribution in [-0.2, 0) is 0 Å². The van der Waals surface area contributed by atoms with E-state index >= 15 is 0 Å². The van der Waals surface area contributed by atoms with Crippen LogP contribution in [0.3, 0.4) is 0 Å². The summed E-state index contributed by atoms with van der Waals surface area (Å²) in [5.41, 5.74) is 0. The molecule has 1 N–H and O–H groups in total. The second kappa shape index (κ2) is 5.36. The van der Waals surface area contributed by atoms with Crippen LogP contribution in [0.5, 0.6) is 17.2 Å². The fourth-order valence-electron chi connectivity index (χ4n) is 1.36. The summed E-state index contributed by atoms with van der Waals surface area (Å²) in [5.74, 6) is 0.419. The van der Waals surface area contributed by atoms with Crippen LogP contribution in [0.15, 0.2) is 48.5 Å². The van der Waals surface area contributed by atoms with Crippen molar-refractivity contribution in [2.75, 3.05) is 0 Å². The molecule has 0 saturated carbocycles. The van der Waals surface area contributed by atoms with Gasteiger partial charge in [0.1, 0.15) is 17.2 Å². The lowest BCUT2D eigenvalue weighted by molar-refractivity contribution is 0.426. The highest BCUT2D eigenvalue weighted by Crippen LogP contribution is 2.26. The molecule has 0 unspecified atom stereocenters. The average molecular weight is 232 g/mol. The maximum Gasteiger partial charge on any atom is 0.504 e. The summed E-state index contributed by atoms with van der Waals surface area (Å²) < 4.78 is 23.5. The molecule has 3 nitrogen and oxygen atoms in total. The van der Waals surface area contributed by atoms with Crippen LogP contribution in [0.25, 0.3) is 0 Å². The molecule has 2 aromatic carbocycles. The van der Waals surface area contributed by atoms with Gasteiger partial charge in [0.05, 0.1) is 0 Å². The third-order valence-electron chi connectivity index (χ3n) is 2.10. The molecule has 17 heavy (non-hydrogen) atoms. The lowest BCUT2D eigenvalue weighted by Crippen LogP contribution is -2.01. The van der Waals surface area contributed by atoms with E-state index in [-0.39, 0.29) is 5.75 Å². The molecule has 0 heterocycles. The van der Waals surface area contributed by atoms with Gasteiger partial charge in [-0.2, -0.15) is 0 Å². The highest BCUT2D eigenvalue weighted by molar-refractivity contribution is 6.17. The SMILES string of the molecule is OBOc1ccc(Oc2ccccc2)cc1F. The van der Waals surface area contributed by atoms with Crippen molar-refractivity contribution >= 4 is 7.69 Å². The molecule has 0 atom stereocenters. The molecule has 0 aliphatic rings. The van der Waals surface area contributed by atoms with E-state index in [4.69, 9.17) is 9.76 Å². The molecule has 86 valence electrons. The van der Waals surface area contributed by atoms with Crippen molar-refractivity contribution in [3.05, 3.63) is 54.3 Å². The van der Waals surface area contributed by atoms with Crippen LogP contribution in [0.1, 0.15) is 0 Å². The highest BCUT2D eigenvalue weighted by atomic mass is 19.1. The molecule has 0 spiro atoms. The van der Waals surface area contributed by atoms with Gasteiger partial charge in [-0.3, -0.25) is 0 Å². The Morgan fingerprint density at radius 1 is 1.00 bits per heavy atom. The number of benzene rings is 2. The third-order valence-corrected chi connectivity index (χ3v) is 2.10. The van der Waals surface area contributed by atoms with Crippen LogP contribution in [-0.4, -0.2) is 12.7 Å². The number of hydrogen-bond acceptors (Lipinski definition) is 3. The molecule has 2 rings (SSSR count). The first-order chi connectivity index (χ1) is 8.29. The molecule has 5 heteroatoms. The summed E-state index contributed by atoms with van der Waals surface area (Å²) in [5, 5.41) is 8.53. The van der Waals surface area contributed by atoms with Crippen molar-refractivity contribution in [3.63, 3.8) is 0 Å². The van der Waals surface area contributed by atoms with E-state index in [0.717, 1.165) is 0 Å². The number of halogens is 1. The van der Waals surface area contributed by atoms with Gasteiger partial charge in [-0.05, 0) is 24.3 Å². The van der Waals surface area contributed by atoms with E-state index in [1.807, 2.05) is 18.2 Å². The zero-order chi connectivity index (χ0) is 12.1. The molecular weight excluding hydrogens is 222 g/mol. The third kappa shape index (κ3) is 2.98. The fraction of sp³-hybridized carbons (Fsp3) is 0. The van der Waals surface area contributed by atoms with Crippen LogP contribution < -0.4 is 9.39 Å². The largest absolute Gasteiger partial charge is 0.537 e. The Morgan fingerprint density at radius 3 is 2.41 bits per heavy atom. The van der Waals surface area contributed by atoms with Crippen molar-refractivity contribution in [1.82, 2.24) is 0 Å². The second-order valence-electron chi connectivity index (χ2n) is 3.28. The van der Waals surface area contributed by atoms with Gasteiger partial charge in [-0.1, -0.05) is 18.2 Å². The van der Waals surface area contributed by atoms with Crippen molar-refractivity contribution in [2.45, 2.75) is 0 Å². The van der Waals surface area contributed by atoms with Crippen LogP contribution >= 0.6 is 0 Å². The fourth-order valence-corrected chi connectivity index (χ4v) is 1.36. The molecule has 0 bridgehead atoms. The van der Waals surface area contributed by atoms with Crippen LogP contribution in [0.2, 0.25) is 0 Å². The Balaban J connectivity index is 2.15. The molecule has 0 aromatic heterocycles. The van der Waals surface area contributed by atoms with Gasteiger partial charge in [0.25, 0.3) is 0 Å². The maximum absolute atomic E-state index is 13.4. The van der Waals surface area contributed by atoms with E-state index in [9.17, 15) is 4.39 Å².